The molecule has 0 saturated carbocycles. The lowest BCUT2D eigenvalue weighted by Crippen LogP contribution is -2.40. The van der Waals surface area contributed by atoms with Crippen molar-refractivity contribution < 1.29 is 4.79 Å². The Morgan fingerprint density at radius 1 is 1.64 bits per heavy atom. The van der Waals surface area contributed by atoms with Gasteiger partial charge in [0, 0.05) is 18.6 Å². The summed E-state index contributed by atoms with van der Waals surface area (Å²) in [6.45, 7) is 3.63. The third-order valence-corrected chi connectivity index (χ3v) is 3.07. The molecule has 0 unspecified atom stereocenters. The number of thiazole rings is 1. The second-order valence-corrected chi connectivity index (χ2v) is 4.21. The monoisotopic (exact) mass is 213 g/mol. The number of nitrogens with two attached hydrogens (primary N) is 1. The van der Waals surface area contributed by atoms with Crippen LogP contribution < -0.4 is 5.73 Å². The first-order chi connectivity index (χ1) is 6.54. The van der Waals surface area contributed by atoms with Crippen LogP contribution in [0.1, 0.15) is 24.9 Å². The van der Waals surface area contributed by atoms with E-state index in [0.717, 1.165) is 5.01 Å². The maximum Gasteiger partial charge on any atom is 0.239 e. The summed E-state index contributed by atoms with van der Waals surface area (Å²) in [5.74, 6) is -0.0623. The molecule has 1 amide bonds. The summed E-state index contributed by atoms with van der Waals surface area (Å²) in [6.07, 6.45) is 1.74. The third kappa shape index (κ3) is 2.30. The second kappa shape index (κ2) is 4.52. The maximum absolute atomic E-state index is 11.6. The lowest BCUT2D eigenvalue weighted by atomic mass is 10.2. The zero-order chi connectivity index (χ0) is 10.7. The van der Waals surface area contributed by atoms with E-state index in [1.807, 2.05) is 12.3 Å². The van der Waals surface area contributed by atoms with Crippen molar-refractivity contribution in [2.24, 2.45) is 5.73 Å². The van der Waals surface area contributed by atoms with Crippen molar-refractivity contribution in [2.75, 3.05) is 7.05 Å². The Morgan fingerprint density at radius 2 is 2.29 bits per heavy atom. The zero-order valence-electron chi connectivity index (χ0n) is 8.60. The molecule has 0 aliphatic rings. The summed E-state index contributed by atoms with van der Waals surface area (Å²) >= 11 is 1.54. The molecule has 0 radical (unpaired) electrons. The van der Waals surface area contributed by atoms with Crippen molar-refractivity contribution >= 4 is 17.2 Å². The fourth-order valence-corrected chi connectivity index (χ4v) is 1.86. The van der Waals surface area contributed by atoms with Crippen LogP contribution in [-0.4, -0.2) is 28.9 Å². The van der Waals surface area contributed by atoms with Crippen molar-refractivity contribution in [2.45, 2.75) is 25.9 Å². The van der Waals surface area contributed by atoms with Gasteiger partial charge in [-0.15, -0.1) is 11.3 Å². The van der Waals surface area contributed by atoms with Gasteiger partial charge < -0.3 is 10.6 Å². The Labute approximate surface area is 87.7 Å². The predicted molar refractivity (Wildman–Crippen MR) is 56.9 cm³/mol. The number of nitrogens with zero attached hydrogens (tertiary/aromatic N) is 2. The zero-order valence-corrected chi connectivity index (χ0v) is 9.41. The van der Waals surface area contributed by atoms with Gasteiger partial charge in [-0.2, -0.15) is 0 Å². The fourth-order valence-electron chi connectivity index (χ4n) is 1.12. The van der Waals surface area contributed by atoms with Gasteiger partial charge in [0.25, 0.3) is 0 Å². The molecule has 0 aliphatic heterocycles. The summed E-state index contributed by atoms with van der Waals surface area (Å²) < 4.78 is 0. The van der Waals surface area contributed by atoms with E-state index < -0.39 is 6.04 Å². The van der Waals surface area contributed by atoms with E-state index in [-0.39, 0.29) is 11.9 Å². The molecule has 0 saturated heterocycles. The lowest BCUT2D eigenvalue weighted by Gasteiger charge is -2.24. The maximum atomic E-state index is 11.6. The van der Waals surface area contributed by atoms with Crippen molar-refractivity contribution in [3.8, 4) is 0 Å². The molecule has 2 atom stereocenters. The molecular weight excluding hydrogens is 198 g/mol. The quantitative estimate of drug-likeness (QED) is 0.815. The van der Waals surface area contributed by atoms with Gasteiger partial charge in [-0.3, -0.25) is 4.79 Å². The first-order valence-corrected chi connectivity index (χ1v) is 5.33. The minimum Gasteiger partial charge on any atom is -0.335 e. The van der Waals surface area contributed by atoms with Crippen LogP contribution >= 0.6 is 11.3 Å². The van der Waals surface area contributed by atoms with E-state index in [9.17, 15) is 4.79 Å². The first-order valence-electron chi connectivity index (χ1n) is 4.45. The molecule has 1 aromatic rings. The number of likely N-dealkylation sites (N-methyl/N-ethyl adjacent to an activating group) is 1. The number of hydrogen-bond donors (Lipinski definition) is 1. The second-order valence-electron chi connectivity index (χ2n) is 3.28. The van der Waals surface area contributed by atoms with E-state index in [1.54, 1.807) is 36.4 Å². The molecule has 5 heteroatoms. The van der Waals surface area contributed by atoms with Gasteiger partial charge in [0.2, 0.25) is 5.91 Å². The van der Waals surface area contributed by atoms with E-state index in [1.165, 1.54) is 0 Å². The Bertz CT molecular complexity index is 297. The van der Waals surface area contributed by atoms with Gasteiger partial charge in [-0.25, -0.2) is 4.98 Å². The summed E-state index contributed by atoms with van der Waals surface area (Å²) in [4.78, 5) is 17.3. The van der Waals surface area contributed by atoms with E-state index in [2.05, 4.69) is 4.98 Å². The van der Waals surface area contributed by atoms with Crippen molar-refractivity contribution in [3.63, 3.8) is 0 Å². The number of amides is 1. The number of aromatic nitrogens is 1. The number of carbonyl (C=O) groups excluding carboxylic acids is 1. The van der Waals surface area contributed by atoms with Crippen LogP contribution in [0.4, 0.5) is 0 Å². The van der Waals surface area contributed by atoms with Crippen LogP contribution in [0.15, 0.2) is 11.6 Å². The van der Waals surface area contributed by atoms with Crippen LogP contribution in [0, 0.1) is 0 Å². The summed E-state index contributed by atoms with van der Waals surface area (Å²) in [6, 6.07) is -0.462. The minimum absolute atomic E-state index is 0.00602. The van der Waals surface area contributed by atoms with Gasteiger partial charge in [0.15, 0.2) is 0 Å². The highest BCUT2D eigenvalue weighted by atomic mass is 32.1. The molecule has 2 N–H and O–H groups in total. The smallest absolute Gasteiger partial charge is 0.239 e. The van der Waals surface area contributed by atoms with E-state index in [0.29, 0.717) is 0 Å². The molecule has 4 nitrogen and oxygen atoms in total. The van der Waals surface area contributed by atoms with Crippen molar-refractivity contribution in [1.82, 2.24) is 9.88 Å². The predicted octanol–water partition coefficient (Wildman–Crippen LogP) is 1.01. The SMILES string of the molecule is C[C@H](N)C(=O)N(C)[C@@H](C)c1nccs1. The molecule has 14 heavy (non-hydrogen) atoms. The molecule has 1 aromatic heterocycles. The highest BCUT2D eigenvalue weighted by Gasteiger charge is 2.21. The molecule has 1 heterocycles. The standard InChI is InChI=1S/C9H15N3OS/c1-6(10)9(13)12(3)7(2)8-11-4-5-14-8/h4-7H,10H2,1-3H3/t6-,7-/m0/s1. The Hall–Kier alpha value is -0.940. The Balaban J connectivity index is 2.70. The highest BCUT2D eigenvalue weighted by Crippen LogP contribution is 2.20. The average molecular weight is 213 g/mol. The first kappa shape index (κ1) is 11.1. The van der Waals surface area contributed by atoms with Gasteiger partial charge in [0.1, 0.15) is 5.01 Å². The average Bonchev–Trinajstić information content (AvgIpc) is 2.67. The molecule has 0 spiro atoms. The molecule has 0 bridgehead atoms. The molecule has 78 valence electrons. The van der Waals surface area contributed by atoms with Crippen LogP contribution in [0.25, 0.3) is 0 Å². The number of hydrogen-bond acceptors (Lipinski definition) is 4. The highest BCUT2D eigenvalue weighted by molar-refractivity contribution is 7.09. The van der Waals surface area contributed by atoms with Crippen LogP contribution in [0.3, 0.4) is 0 Å². The number of carbonyl (C=O) groups is 1. The van der Waals surface area contributed by atoms with Crippen molar-refractivity contribution in [3.05, 3.63) is 16.6 Å². The van der Waals surface area contributed by atoms with E-state index >= 15 is 0 Å². The fraction of sp³-hybridized carbons (Fsp3) is 0.556. The van der Waals surface area contributed by atoms with Gasteiger partial charge in [0.05, 0.1) is 12.1 Å². The minimum atomic E-state index is -0.456. The van der Waals surface area contributed by atoms with E-state index in [4.69, 9.17) is 5.73 Å². The summed E-state index contributed by atoms with van der Waals surface area (Å²) in [5.41, 5.74) is 5.52. The van der Waals surface area contributed by atoms with Gasteiger partial charge in [-0.05, 0) is 13.8 Å². The van der Waals surface area contributed by atoms with Crippen molar-refractivity contribution in [1.29, 1.82) is 0 Å². The molecule has 0 aromatic carbocycles. The Morgan fingerprint density at radius 3 is 2.71 bits per heavy atom. The number of rotatable bonds is 3. The summed E-state index contributed by atoms with van der Waals surface area (Å²) in [5, 5.41) is 2.83. The van der Waals surface area contributed by atoms with Gasteiger partial charge in [-0.1, -0.05) is 0 Å². The molecule has 1 rings (SSSR count). The third-order valence-electron chi connectivity index (χ3n) is 2.13. The topological polar surface area (TPSA) is 59.2 Å². The van der Waals surface area contributed by atoms with Crippen LogP contribution in [0.5, 0.6) is 0 Å². The Kier molecular flexibility index (Phi) is 3.60. The molecular formula is C9H15N3OS. The van der Waals surface area contributed by atoms with Gasteiger partial charge >= 0.3 is 0 Å². The molecule has 0 aliphatic carbocycles. The van der Waals surface area contributed by atoms with Crippen LogP contribution in [0.2, 0.25) is 0 Å². The largest absolute Gasteiger partial charge is 0.335 e. The lowest BCUT2D eigenvalue weighted by molar-refractivity contribution is -0.132. The normalized spacial score (nSPS) is 14.9. The molecule has 0 fully saturated rings. The summed E-state index contributed by atoms with van der Waals surface area (Å²) in [7, 11) is 1.75. The van der Waals surface area contributed by atoms with Crippen LogP contribution in [-0.2, 0) is 4.79 Å².